The molecule has 0 radical (unpaired) electrons. The number of rotatable bonds is 8. The monoisotopic (exact) mass is 635 g/mol. The number of carbonyl (C=O) groups is 1. The number of H-pyrrole nitrogens is 1. The molecule has 0 unspecified atom stereocenters. The van der Waals surface area contributed by atoms with Crippen LogP contribution in [0, 0.1) is 11.6 Å². The normalized spacial score (nSPS) is 16.9. The van der Waals surface area contributed by atoms with Crippen LogP contribution in [0.4, 0.5) is 26.0 Å². The largest absolute Gasteiger partial charge is 0.380 e. The Bertz CT molecular complexity index is 1820. The number of sulfonamides is 1. The van der Waals surface area contributed by atoms with Gasteiger partial charge in [-0.15, -0.1) is 0 Å². The van der Waals surface area contributed by atoms with Crippen LogP contribution in [0.1, 0.15) is 41.0 Å². The third-order valence-electron chi connectivity index (χ3n) is 8.50. The summed E-state index contributed by atoms with van der Waals surface area (Å²) in [5.74, 6) is -2.22. The zero-order chi connectivity index (χ0) is 31.9. The molecule has 3 heterocycles. The van der Waals surface area contributed by atoms with Crippen molar-refractivity contribution in [3.8, 4) is 0 Å². The highest BCUT2D eigenvalue weighted by molar-refractivity contribution is 7.89. The zero-order valence-corrected chi connectivity index (χ0v) is 26.1. The van der Waals surface area contributed by atoms with E-state index in [9.17, 15) is 22.0 Å². The number of halogens is 2. The number of likely N-dealkylation sites (N-methyl/N-ethyl adjacent to an activating group) is 1. The standard InChI is InChI=1S/C32H35F2N7O3S/c1-32(2)29-27(20-41(32)45(43,44)25-16-22(33)15-23(34)17-25)30(38-37-29)36-31(42)26-10-9-24(40-13-11-39(3)12-14-40)18-28(26)35-19-21-7-5-4-6-8-21/h4-10,15-18,35H,11-14,19-20H2,1-3H3,(H2,36,37,38,42). The number of fused-ring (bicyclic) bond motifs is 1. The number of anilines is 3. The molecule has 6 rings (SSSR count). The minimum absolute atomic E-state index is 0.156. The quantitative estimate of drug-likeness (QED) is 0.256. The molecule has 3 aromatic carbocycles. The van der Waals surface area contributed by atoms with E-state index >= 15 is 0 Å². The maximum Gasteiger partial charge on any atom is 0.258 e. The molecule has 4 aromatic rings. The van der Waals surface area contributed by atoms with Crippen molar-refractivity contribution in [2.45, 2.75) is 37.4 Å². The maximum absolute atomic E-state index is 13.9. The summed E-state index contributed by atoms with van der Waals surface area (Å²) in [7, 11) is -2.21. The Morgan fingerprint density at radius 3 is 2.36 bits per heavy atom. The summed E-state index contributed by atoms with van der Waals surface area (Å²) in [6.45, 7) is 7.31. The first-order valence-electron chi connectivity index (χ1n) is 14.7. The molecule has 0 spiro atoms. The van der Waals surface area contributed by atoms with E-state index in [1.807, 2.05) is 42.5 Å². The molecule has 13 heteroatoms. The smallest absolute Gasteiger partial charge is 0.258 e. The molecule has 1 saturated heterocycles. The highest BCUT2D eigenvalue weighted by atomic mass is 32.2. The van der Waals surface area contributed by atoms with E-state index in [1.54, 1.807) is 19.9 Å². The predicted molar refractivity (Wildman–Crippen MR) is 169 cm³/mol. The van der Waals surface area contributed by atoms with Gasteiger partial charge < -0.3 is 20.4 Å². The van der Waals surface area contributed by atoms with Crippen LogP contribution in [-0.2, 0) is 28.7 Å². The summed E-state index contributed by atoms with van der Waals surface area (Å²) in [6.07, 6.45) is 0. The van der Waals surface area contributed by atoms with Gasteiger partial charge in [0, 0.05) is 62.3 Å². The molecule has 0 atom stereocenters. The van der Waals surface area contributed by atoms with Crippen molar-refractivity contribution in [3.63, 3.8) is 0 Å². The molecule has 1 aromatic heterocycles. The van der Waals surface area contributed by atoms with E-state index in [-0.39, 0.29) is 12.4 Å². The Kier molecular flexibility index (Phi) is 8.10. The van der Waals surface area contributed by atoms with E-state index in [1.165, 1.54) is 0 Å². The molecule has 0 saturated carbocycles. The summed E-state index contributed by atoms with van der Waals surface area (Å²) in [5.41, 5.74) is 2.93. The van der Waals surface area contributed by atoms with Crippen molar-refractivity contribution < 1.29 is 22.0 Å². The van der Waals surface area contributed by atoms with Gasteiger partial charge in [0.05, 0.1) is 21.7 Å². The molecular weight excluding hydrogens is 600 g/mol. The summed E-state index contributed by atoms with van der Waals surface area (Å²) < 4.78 is 56.1. The summed E-state index contributed by atoms with van der Waals surface area (Å²) in [6, 6.07) is 17.8. The number of aromatic amines is 1. The van der Waals surface area contributed by atoms with Gasteiger partial charge in [0.15, 0.2) is 5.82 Å². The Hall–Kier alpha value is -4.33. The lowest BCUT2D eigenvalue weighted by Gasteiger charge is -2.34. The number of piperazine rings is 1. The molecule has 0 aliphatic carbocycles. The summed E-state index contributed by atoms with van der Waals surface area (Å²) >= 11 is 0. The fraction of sp³-hybridized carbons (Fsp3) is 0.312. The summed E-state index contributed by atoms with van der Waals surface area (Å²) in [4.78, 5) is 17.8. The minimum atomic E-state index is -4.31. The molecule has 3 N–H and O–H groups in total. The first kappa shape index (κ1) is 30.7. The van der Waals surface area contributed by atoms with Crippen LogP contribution in [-0.4, -0.2) is 67.0 Å². The predicted octanol–water partition coefficient (Wildman–Crippen LogP) is 4.74. The van der Waals surface area contributed by atoms with Crippen molar-refractivity contribution in [2.75, 3.05) is 48.8 Å². The maximum atomic E-state index is 13.9. The van der Waals surface area contributed by atoms with Crippen LogP contribution < -0.4 is 15.5 Å². The third-order valence-corrected chi connectivity index (χ3v) is 10.5. The van der Waals surface area contributed by atoms with Crippen LogP contribution in [0.2, 0.25) is 0 Å². The van der Waals surface area contributed by atoms with E-state index in [0.29, 0.717) is 35.1 Å². The third kappa shape index (κ3) is 6.02. The van der Waals surface area contributed by atoms with Gasteiger partial charge in [-0.25, -0.2) is 17.2 Å². The lowest BCUT2D eigenvalue weighted by atomic mass is 10.0. The van der Waals surface area contributed by atoms with E-state index in [4.69, 9.17) is 0 Å². The number of carbonyl (C=O) groups excluding carboxylic acids is 1. The van der Waals surface area contributed by atoms with Crippen molar-refractivity contribution >= 4 is 33.1 Å². The van der Waals surface area contributed by atoms with Crippen LogP contribution in [0.25, 0.3) is 0 Å². The average molecular weight is 636 g/mol. The number of aromatic nitrogens is 2. The number of benzene rings is 3. The van der Waals surface area contributed by atoms with E-state index in [0.717, 1.165) is 53.9 Å². The highest BCUT2D eigenvalue weighted by Crippen LogP contribution is 2.44. The van der Waals surface area contributed by atoms with E-state index in [2.05, 4.69) is 37.7 Å². The molecule has 10 nitrogen and oxygen atoms in total. The molecule has 2 aliphatic rings. The second-order valence-corrected chi connectivity index (χ2v) is 13.8. The first-order valence-corrected chi connectivity index (χ1v) is 16.1. The lowest BCUT2D eigenvalue weighted by Crippen LogP contribution is -2.44. The highest BCUT2D eigenvalue weighted by Gasteiger charge is 2.48. The Morgan fingerprint density at radius 2 is 1.67 bits per heavy atom. The second kappa shape index (κ2) is 11.9. The van der Waals surface area contributed by atoms with Gasteiger partial charge in [0.1, 0.15) is 11.6 Å². The first-order chi connectivity index (χ1) is 21.4. The Balaban J connectivity index is 1.27. The fourth-order valence-corrected chi connectivity index (χ4v) is 7.66. The fourth-order valence-electron chi connectivity index (χ4n) is 5.89. The number of hydrogen-bond acceptors (Lipinski definition) is 7. The molecule has 1 fully saturated rings. The van der Waals surface area contributed by atoms with Gasteiger partial charge in [-0.3, -0.25) is 9.89 Å². The van der Waals surface area contributed by atoms with Crippen LogP contribution in [0.15, 0.2) is 71.6 Å². The van der Waals surface area contributed by atoms with Crippen LogP contribution >= 0.6 is 0 Å². The Morgan fingerprint density at radius 1 is 0.978 bits per heavy atom. The summed E-state index contributed by atoms with van der Waals surface area (Å²) in [5, 5.41) is 13.5. The molecule has 1 amide bonds. The van der Waals surface area contributed by atoms with Crippen molar-refractivity contribution in [2.24, 2.45) is 0 Å². The SMILES string of the molecule is CN1CCN(c2ccc(C(=O)Nc3n[nH]c4c3CN(S(=O)(=O)c3cc(F)cc(F)c3)C4(C)C)c(NCc3ccccc3)c2)CC1. The van der Waals surface area contributed by atoms with Gasteiger partial charge in [0.25, 0.3) is 5.91 Å². The molecule has 2 aliphatic heterocycles. The zero-order valence-electron chi connectivity index (χ0n) is 25.3. The van der Waals surface area contributed by atoms with Crippen LogP contribution in [0.3, 0.4) is 0 Å². The number of nitrogens with one attached hydrogen (secondary N) is 3. The van der Waals surface area contributed by atoms with Crippen molar-refractivity contribution in [1.82, 2.24) is 19.4 Å². The van der Waals surface area contributed by atoms with Gasteiger partial charge in [-0.05, 0) is 56.8 Å². The molecule has 0 bridgehead atoms. The van der Waals surface area contributed by atoms with E-state index < -0.39 is 38.0 Å². The van der Waals surface area contributed by atoms with Gasteiger partial charge >= 0.3 is 0 Å². The van der Waals surface area contributed by atoms with Crippen molar-refractivity contribution in [1.29, 1.82) is 0 Å². The van der Waals surface area contributed by atoms with Gasteiger partial charge in [-0.2, -0.15) is 9.40 Å². The Labute approximate surface area is 261 Å². The second-order valence-electron chi connectivity index (χ2n) is 11.9. The van der Waals surface area contributed by atoms with Crippen LogP contribution in [0.5, 0.6) is 0 Å². The molecule has 236 valence electrons. The molecular formula is C32H35F2N7O3S. The van der Waals surface area contributed by atoms with Gasteiger partial charge in [-0.1, -0.05) is 30.3 Å². The topological polar surface area (TPSA) is 114 Å². The van der Waals surface area contributed by atoms with Gasteiger partial charge in [0.2, 0.25) is 10.0 Å². The number of hydrogen-bond donors (Lipinski definition) is 3. The van der Waals surface area contributed by atoms with Crippen molar-refractivity contribution in [3.05, 3.63) is 101 Å². The number of nitrogens with zero attached hydrogens (tertiary/aromatic N) is 4. The number of amides is 1. The lowest BCUT2D eigenvalue weighted by molar-refractivity contribution is 0.102. The minimum Gasteiger partial charge on any atom is -0.380 e. The molecule has 45 heavy (non-hydrogen) atoms. The average Bonchev–Trinajstić information content (AvgIpc) is 3.54.